The summed E-state index contributed by atoms with van der Waals surface area (Å²) < 4.78 is 10.6. The molecule has 2 atom stereocenters. The minimum atomic E-state index is -0.620. The minimum absolute atomic E-state index is 0.144. The molecule has 4 nitrogen and oxygen atoms in total. The van der Waals surface area contributed by atoms with E-state index < -0.39 is 11.9 Å². The van der Waals surface area contributed by atoms with Crippen molar-refractivity contribution in [1.82, 2.24) is 0 Å². The molecule has 0 fully saturated rings. The predicted octanol–water partition coefficient (Wildman–Crippen LogP) is 4.72. The van der Waals surface area contributed by atoms with Crippen molar-refractivity contribution in [3.8, 4) is 0 Å². The molecule has 0 amide bonds. The molecule has 2 aromatic rings. The van der Waals surface area contributed by atoms with Crippen LogP contribution in [0.4, 0.5) is 0 Å². The number of benzene rings is 1. The molecule has 1 aromatic carbocycles. The van der Waals surface area contributed by atoms with Crippen molar-refractivity contribution in [3.05, 3.63) is 70.2 Å². The molecule has 0 saturated carbocycles. The fourth-order valence-corrected chi connectivity index (χ4v) is 3.37. The number of ketones is 1. The van der Waals surface area contributed by atoms with E-state index in [0.717, 1.165) is 5.56 Å². The Balaban J connectivity index is 1.97. The number of hydrogen-bond acceptors (Lipinski definition) is 4. The topological polar surface area (TPSA) is 56.5 Å². The van der Waals surface area contributed by atoms with Gasteiger partial charge >= 0.3 is 5.97 Å². The number of rotatable bonds is 5. The van der Waals surface area contributed by atoms with Crippen LogP contribution in [0, 0.1) is 12.8 Å². The Morgan fingerprint density at radius 2 is 1.92 bits per heavy atom. The highest BCUT2D eigenvalue weighted by molar-refractivity contribution is 6.30. The van der Waals surface area contributed by atoms with Gasteiger partial charge in [-0.3, -0.25) is 4.79 Å². The van der Waals surface area contributed by atoms with Gasteiger partial charge in [-0.1, -0.05) is 29.8 Å². The van der Waals surface area contributed by atoms with Gasteiger partial charge in [0, 0.05) is 16.5 Å². The van der Waals surface area contributed by atoms with Crippen LogP contribution in [0.3, 0.4) is 0 Å². The summed E-state index contributed by atoms with van der Waals surface area (Å²) >= 11 is 5.97. The van der Waals surface area contributed by atoms with Gasteiger partial charge in [0.25, 0.3) is 0 Å². The van der Waals surface area contributed by atoms with Gasteiger partial charge in [-0.25, -0.2) is 4.79 Å². The van der Waals surface area contributed by atoms with Crippen LogP contribution in [0.25, 0.3) is 0 Å². The van der Waals surface area contributed by atoms with Gasteiger partial charge < -0.3 is 9.15 Å². The second-order valence-electron chi connectivity index (χ2n) is 6.03. The molecule has 130 valence electrons. The first kappa shape index (κ1) is 17.5. The van der Waals surface area contributed by atoms with E-state index in [1.54, 1.807) is 44.2 Å². The predicted molar refractivity (Wildman–Crippen MR) is 94.8 cm³/mol. The zero-order valence-electron chi connectivity index (χ0n) is 14.1. The van der Waals surface area contributed by atoms with Crippen LogP contribution >= 0.6 is 11.6 Å². The first-order valence-corrected chi connectivity index (χ1v) is 8.62. The van der Waals surface area contributed by atoms with E-state index in [1.165, 1.54) is 0 Å². The van der Waals surface area contributed by atoms with Crippen LogP contribution in [0.2, 0.25) is 5.02 Å². The molecule has 1 aliphatic rings. The summed E-state index contributed by atoms with van der Waals surface area (Å²) in [6.07, 6.45) is 2.39. The lowest BCUT2D eigenvalue weighted by atomic mass is 9.82. The Morgan fingerprint density at radius 1 is 1.20 bits per heavy atom. The second-order valence-corrected chi connectivity index (χ2v) is 6.46. The number of esters is 1. The highest BCUT2D eigenvalue weighted by atomic mass is 35.5. The highest BCUT2D eigenvalue weighted by Crippen LogP contribution is 2.42. The maximum absolute atomic E-state index is 13.1. The number of aryl methyl sites for hydroxylation is 1. The molecule has 0 N–H and O–H groups in total. The Kier molecular flexibility index (Phi) is 5.09. The number of carbonyl (C=O) groups is 2. The maximum Gasteiger partial charge on any atom is 0.334 e. The van der Waals surface area contributed by atoms with Gasteiger partial charge in [-0.2, -0.15) is 0 Å². The second kappa shape index (κ2) is 7.28. The Bertz CT molecular complexity index is 816. The van der Waals surface area contributed by atoms with Gasteiger partial charge in [0.05, 0.1) is 12.5 Å². The zero-order valence-corrected chi connectivity index (χ0v) is 14.9. The number of ether oxygens (including phenoxy) is 1. The summed E-state index contributed by atoms with van der Waals surface area (Å²) in [5, 5.41) is 0.629. The van der Waals surface area contributed by atoms with Crippen LogP contribution in [0.5, 0.6) is 0 Å². The fraction of sp³-hybridized carbons (Fsp3) is 0.300. The molecule has 5 heteroatoms. The quantitative estimate of drug-likeness (QED) is 0.573. The molecule has 0 bridgehead atoms. The Morgan fingerprint density at radius 3 is 2.52 bits per heavy atom. The number of furan rings is 1. The smallest absolute Gasteiger partial charge is 0.334 e. The molecule has 1 aliphatic carbocycles. The third-order valence-electron chi connectivity index (χ3n) is 4.40. The van der Waals surface area contributed by atoms with Crippen molar-refractivity contribution in [2.45, 2.75) is 26.2 Å². The van der Waals surface area contributed by atoms with Gasteiger partial charge in [0.15, 0.2) is 5.76 Å². The molecular weight excluding hydrogens is 340 g/mol. The third-order valence-corrected chi connectivity index (χ3v) is 4.66. The molecule has 3 rings (SSSR count). The first-order valence-electron chi connectivity index (χ1n) is 8.24. The lowest BCUT2D eigenvalue weighted by Gasteiger charge is -2.21. The lowest BCUT2D eigenvalue weighted by Crippen LogP contribution is -2.25. The van der Waals surface area contributed by atoms with E-state index in [4.69, 9.17) is 20.8 Å². The van der Waals surface area contributed by atoms with E-state index >= 15 is 0 Å². The van der Waals surface area contributed by atoms with E-state index in [1.807, 2.05) is 12.1 Å². The minimum Gasteiger partial charge on any atom is -0.463 e. The SMILES string of the molecule is CCOC(=O)C1=CC[C@@H](c2ccc(Cl)cc2)[C@@H]1C(=O)c1ccc(C)o1. The van der Waals surface area contributed by atoms with Crippen LogP contribution in [-0.4, -0.2) is 18.4 Å². The number of halogens is 1. The van der Waals surface area contributed by atoms with E-state index in [2.05, 4.69) is 0 Å². The first-order chi connectivity index (χ1) is 12.0. The molecule has 0 spiro atoms. The summed E-state index contributed by atoms with van der Waals surface area (Å²) in [7, 11) is 0. The molecule has 1 aromatic heterocycles. The van der Waals surface area contributed by atoms with Gasteiger partial charge in [-0.15, -0.1) is 0 Å². The van der Waals surface area contributed by atoms with E-state index in [9.17, 15) is 9.59 Å². The van der Waals surface area contributed by atoms with Crippen molar-refractivity contribution in [2.75, 3.05) is 6.61 Å². The summed E-state index contributed by atoms with van der Waals surface area (Å²) in [4.78, 5) is 25.4. The van der Waals surface area contributed by atoms with Gasteiger partial charge in [0.2, 0.25) is 5.78 Å². The molecule has 0 aliphatic heterocycles. The normalized spacial score (nSPS) is 19.6. The Hall–Kier alpha value is -2.33. The highest BCUT2D eigenvalue weighted by Gasteiger charge is 2.41. The van der Waals surface area contributed by atoms with E-state index in [0.29, 0.717) is 22.8 Å². The molecule has 0 saturated heterocycles. The van der Waals surface area contributed by atoms with Crippen molar-refractivity contribution in [2.24, 2.45) is 5.92 Å². The summed E-state index contributed by atoms with van der Waals surface area (Å²) in [6, 6.07) is 10.8. The van der Waals surface area contributed by atoms with E-state index in [-0.39, 0.29) is 24.1 Å². The molecule has 0 radical (unpaired) electrons. The van der Waals surface area contributed by atoms with Gasteiger partial charge in [-0.05, 0) is 50.1 Å². The third kappa shape index (κ3) is 3.54. The van der Waals surface area contributed by atoms with Crippen molar-refractivity contribution in [3.63, 3.8) is 0 Å². The average molecular weight is 359 g/mol. The van der Waals surface area contributed by atoms with Crippen molar-refractivity contribution in [1.29, 1.82) is 0 Å². The molecule has 1 heterocycles. The molecular formula is C20H19ClO4. The van der Waals surface area contributed by atoms with Gasteiger partial charge in [0.1, 0.15) is 5.76 Å². The van der Waals surface area contributed by atoms with Crippen molar-refractivity contribution < 1.29 is 18.7 Å². The Labute approximate surface area is 151 Å². The number of hydrogen-bond donors (Lipinski definition) is 0. The maximum atomic E-state index is 13.1. The average Bonchev–Trinajstić information content (AvgIpc) is 3.22. The standard InChI is InChI=1S/C20H19ClO4/c1-3-24-20(23)16-10-9-15(13-5-7-14(21)8-6-13)18(16)19(22)17-11-4-12(2)25-17/h4-8,10-11,15,18H,3,9H2,1-2H3/t15-,18-/m0/s1. The number of carbonyl (C=O) groups excluding carboxylic acids is 2. The zero-order chi connectivity index (χ0) is 18.0. The molecule has 0 unspecified atom stereocenters. The van der Waals surface area contributed by atoms with Crippen LogP contribution in [0.1, 0.15) is 41.1 Å². The fourth-order valence-electron chi connectivity index (χ4n) is 3.24. The van der Waals surface area contributed by atoms with Crippen LogP contribution in [-0.2, 0) is 9.53 Å². The summed E-state index contributed by atoms with van der Waals surface area (Å²) in [5.41, 5.74) is 1.36. The number of Topliss-reactive ketones (excluding diaryl/α,β-unsaturated/α-hetero) is 1. The lowest BCUT2D eigenvalue weighted by molar-refractivity contribution is -0.138. The monoisotopic (exact) mass is 358 g/mol. The molecule has 25 heavy (non-hydrogen) atoms. The summed E-state index contributed by atoms with van der Waals surface area (Å²) in [6.45, 7) is 3.80. The number of allylic oxidation sites excluding steroid dienone is 1. The van der Waals surface area contributed by atoms with Crippen LogP contribution in [0.15, 0.2) is 52.5 Å². The van der Waals surface area contributed by atoms with Crippen molar-refractivity contribution >= 4 is 23.4 Å². The largest absolute Gasteiger partial charge is 0.463 e. The van der Waals surface area contributed by atoms with Crippen LogP contribution < -0.4 is 0 Å². The summed E-state index contributed by atoms with van der Waals surface area (Å²) in [5.74, 6) is -0.490.